The number of carbonyl (C=O) groups excluding carboxylic acids is 1. The number of benzene rings is 2. The lowest BCUT2D eigenvalue weighted by Gasteiger charge is -2.31. The van der Waals surface area contributed by atoms with Crippen molar-refractivity contribution in [1.82, 2.24) is 14.5 Å². The van der Waals surface area contributed by atoms with Gasteiger partial charge in [-0.2, -0.15) is 0 Å². The largest absolute Gasteiger partial charge is 0.341 e. The molecular formula is C22H24ClN3O. The van der Waals surface area contributed by atoms with E-state index < -0.39 is 0 Å². The number of imidazole rings is 1. The maximum absolute atomic E-state index is 13.1. The maximum Gasteiger partial charge on any atom is 0.242 e. The Hall–Kier alpha value is -2.33. The van der Waals surface area contributed by atoms with Crippen LogP contribution >= 0.6 is 11.6 Å². The molecule has 1 aliphatic carbocycles. The van der Waals surface area contributed by atoms with Crippen molar-refractivity contribution in [2.75, 3.05) is 7.05 Å². The van der Waals surface area contributed by atoms with E-state index in [-0.39, 0.29) is 12.5 Å². The number of fused-ring (bicyclic) bond motifs is 1. The van der Waals surface area contributed by atoms with E-state index in [1.807, 2.05) is 65.0 Å². The molecule has 0 saturated heterocycles. The van der Waals surface area contributed by atoms with Crippen LogP contribution < -0.4 is 0 Å². The molecule has 4 rings (SSSR count). The molecule has 4 nitrogen and oxygen atoms in total. The summed E-state index contributed by atoms with van der Waals surface area (Å²) in [5.74, 6) is 0.914. The Bertz CT molecular complexity index is 959. The number of hydrogen-bond acceptors (Lipinski definition) is 2. The molecule has 1 heterocycles. The van der Waals surface area contributed by atoms with Gasteiger partial charge < -0.3 is 9.47 Å². The smallest absolute Gasteiger partial charge is 0.242 e. The van der Waals surface area contributed by atoms with Gasteiger partial charge in [-0.15, -0.1) is 0 Å². The highest BCUT2D eigenvalue weighted by Gasteiger charge is 2.24. The minimum atomic E-state index is 0.133. The Labute approximate surface area is 164 Å². The topological polar surface area (TPSA) is 38.1 Å². The lowest BCUT2D eigenvalue weighted by Crippen LogP contribution is -2.40. The number of hydrogen-bond donors (Lipinski definition) is 0. The second-order valence-electron chi connectivity index (χ2n) is 7.32. The SMILES string of the molecule is CN(C(=O)Cn1c(-c2cccc(Cl)c2)nc2ccccc21)C1CCCCC1. The van der Waals surface area contributed by atoms with Gasteiger partial charge in [0.05, 0.1) is 11.0 Å². The summed E-state index contributed by atoms with van der Waals surface area (Å²) in [7, 11) is 1.94. The molecule has 1 amide bonds. The van der Waals surface area contributed by atoms with E-state index in [1.165, 1.54) is 19.3 Å². The molecule has 0 radical (unpaired) electrons. The van der Waals surface area contributed by atoms with Crippen LogP contribution in [0.2, 0.25) is 5.02 Å². The molecule has 5 heteroatoms. The van der Waals surface area contributed by atoms with Crippen molar-refractivity contribution in [1.29, 1.82) is 0 Å². The number of rotatable bonds is 4. The van der Waals surface area contributed by atoms with E-state index in [0.29, 0.717) is 11.1 Å². The van der Waals surface area contributed by atoms with Crippen molar-refractivity contribution in [2.45, 2.75) is 44.7 Å². The molecule has 1 aromatic heterocycles. The van der Waals surface area contributed by atoms with Crippen LogP contribution in [0.15, 0.2) is 48.5 Å². The van der Waals surface area contributed by atoms with Crippen LogP contribution in [0.5, 0.6) is 0 Å². The lowest BCUT2D eigenvalue weighted by molar-refractivity contribution is -0.133. The standard InChI is InChI=1S/C22H24ClN3O/c1-25(18-10-3-2-4-11-18)21(27)15-26-20-13-6-5-12-19(20)24-22(26)16-8-7-9-17(23)14-16/h5-9,12-14,18H,2-4,10-11,15H2,1H3. The normalized spacial score (nSPS) is 15.2. The number of nitrogens with zero attached hydrogens (tertiary/aromatic N) is 3. The van der Waals surface area contributed by atoms with Gasteiger partial charge in [-0.3, -0.25) is 4.79 Å². The minimum absolute atomic E-state index is 0.133. The summed E-state index contributed by atoms with van der Waals surface area (Å²) in [6.07, 6.45) is 5.92. The van der Waals surface area contributed by atoms with Crippen LogP contribution in [0.3, 0.4) is 0 Å². The molecule has 27 heavy (non-hydrogen) atoms. The third-order valence-corrected chi connectivity index (χ3v) is 5.78. The van der Waals surface area contributed by atoms with E-state index in [2.05, 4.69) is 0 Å². The molecule has 0 bridgehead atoms. The zero-order valence-corrected chi connectivity index (χ0v) is 16.3. The average Bonchev–Trinajstić information content (AvgIpc) is 3.06. The minimum Gasteiger partial charge on any atom is -0.341 e. The number of para-hydroxylation sites is 2. The zero-order valence-electron chi connectivity index (χ0n) is 15.6. The third kappa shape index (κ3) is 3.72. The Morgan fingerprint density at radius 2 is 1.93 bits per heavy atom. The van der Waals surface area contributed by atoms with Crippen molar-refractivity contribution in [3.63, 3.8) is 0 Å². The maximum atomic E-state index is 13.1. The number of likely N-dealkylation sites (N-methyl/N-ethyl adjacent to an activating group) is 1. The van der Waals surface area contributed by atoms with Crippen LogP contribution in [-0.4, -0.2) is 33.4 Å². The van der Waals surface area contributed by atoms with Crippen LogP contribution in [0.1, 0.15) is 32.1 Å². The fourth-order valence-corrected chi connectivity index (χ4v) is 4.19. The second-order valence-corrected chi connectivity index (χ2v) is 7.75. The number of amides is 1. The summed E-state index contributed by atoms with van der Waals surface area (Å²) in [4.78, 5) is 19.8. The number of halogens is 1. The first-order chi connectivity index (χ1) is 13.1. The highest BCUT2D eigenvalue weighted by molar-refractivity contribution is 6.30. The van der Waals surface area contributed by atoms with Gasteiger partial charge in [0, 0.05) is 23.7 Å². The van der Waals surface area contributed by atoms with Crippen molar-refractivity contribution < 1.29 is 4.79 Å². The Kier molecular flexibility index (Phi) is 5.17. The Morgan fingerprint density at radius 1 is 1.15 bits per heavy atom. The van der Waals surface area contributed by atoms with E-state index in [9.17, 15) is 4.79 Å². The van der Waals surface area contributed by atoms with E-state index in [0.717, 1.165) is 35.3 Å². The zero-order chi connectivity index (χ0) is 18.8. The third-order valence-electron chi connectivity index (χ3n) is 5.55. The van der Waals surface area contributed by atoms with E-state index in [4.69, 9.17) is 16.6 Å². The molecule has 2 aromatic carbocycles. The van der Waals surface area contributed by atoms with Crippen LogP contribution in [0.25, 0.3) is 22.4 Å². The fraction of sp³-hybridized carbons (Fsp3) is 0.364. The molecule has 0 spiro atoms. The summed E-state index contributed by atoms with van der Waals surface area (Å²) >= 11 is 6.19. The first-order valence-electron chi connectivity index (χ1n) is 9.60. The van der Waals surface area contributed by atoms with Crippen molar-refractivity contribution >= 4 is 28.5 Å². The van der Waals surface area contributed by atoms with Crippen molar-refractivity contribution in [3.05, 3.63) is 53.6 Å². The first-order valence-corrected chi connectivity index (χ1v) is 9.98. The molecule has 0 N–H and O–H groups in total. The van der Waals surface area contributed by atoms with Gasteiger partial charge in [0.25, 0.3) is 0 Å². The first kappa shape index (κ1) is 18.1. The summed E-state index contributed by atoms with van der Waals surface area (Å²) in [5, 5.41) is 0.664. The fourth-order valence-electron chi connectivity index (χ4n) is 4.00. The quantitative estimate of drug-likeness (QED) is 0.627. The van der Waals surface area contributed by atoms with Gasteiger partial charge in [0.15, 0.2) is 0 Å². The summed E-state index contributed by atoms with van der Waals surface area (Å²) in [5.41, 5.74) is 2.78. The van der Waals surface area contributed by atoms with E-state index >= 15 is 0 Å². The molecule has 1 fully saturated rings. The Morgan fingerprint density at radius 3 is 2.70 bits per heavy atom. The van der Waals surface area contributed by atoms with Crippen molar-refractivity contribution in [3.8, 4) is 11.4 Å². The van der Waals surface area contributed by atoms with Crippen molar-refractivity contribution in [2.24, 2.45) is 0 Å². The second kappa shape index (κ2) is 7.73. The molecule has 1 saturated carbocycles. The van der Waals surface area contributed by atoms with Crippen LogP contribution in [-0.2, 0) is 11.3 Å². The van der Waals surface area contributed by atoms with Gasteiger partial charge >= 0.3 is 0 Å². The highest BCUT2D eigenvalue weighted by Crippen LogP contribution is 2.27. The molecule has 0 aliphatic heterocycles. The summed E-state index contributed by atoms with van der Waals surface area (Å²) < 4.78 is 2.02. The lowest BCUT2D eigenvalue weighted by atomic mass is 9.94. The van der Waals surface area contributed by atoms with Crippen LogP contribution in [0.4, 0.5) is 0 Å². The average molecular weight is 382 g/mol. The molecule has 0 unspecified atom stereocenters. The van der Waals surface area contributed by atoms with Gasteiger partial charge in [-0.1, -0.05) is 55.1 Å². The van der Waals surface area contributed by atoms with Crippen LogP contribution in [0, 0.1) is 0 Å². The Balaban J connectivity index is 1.69. The molecular weight excluding hydrogens is 358 g/mol. The predicted molar refractivity (Wildman–Crippen MR) is 110 cm³/mol. The monoisotopic (exact) mass is 381 g/mol. The predicted octanol–water partition coefficient (Wildman–Crippen LogP) is 5.15. The van der Waals surface area contributed by atoms with E-state index in [1.54, 1.807) is 0 Å². The van der Waals surface area contributed by atoms with Gasteiger partial charge in [-0.25, -0.2) is 4.98 Å². The molecule has 140 valence electrons. The summed E-state index contributed by atoms with van der Waals surface area (Å²) in [6, 6.07) is 16.0. The van der Waals surface area contributed by atoms with Gasteiger partial charge in [0.2, 0.25) is 5.91 Å². The molecule has 0 atom stereocenters. The summed E-state index contributed by atoms with van der Waals surface area (Å²) in [6.45, 7) is 0.287. The number of aromatic nitrogens is 2. The molecule has 3 aromatic rings. The van der Waals surface area contributed by atoms with Gasteiger partial charge in [-0.05, 0) is 37.1 Å². The van der Waals surface area contributed by atoms with Gasteiger partial charge in [0.1, 0.15) is 12.4 Å². The number of carbonyl (C=O) groups is 1. The molecule has 1 aliphatic rings. The highest BCUT2D eigenvalue weighted by atomic mass is 35.5.